The third-order valence-electron chi connectivity index (χ3n) is 3.79. The minimum atomic E-state index is 0.156. The summed E-state index contributed by atoms with van der Waals surface area (Å²) in [5, 5.41) is 0. The molecule has 92 valence electrons. The van der Waals surface area contributed by atoms with Crippen LogP contribution >= 0.6 is 0 Å². The molecule has 1 aromatic rings. The van der Waals surface area contributed by atoms with Gasteiger partial charge in [-0.3, -0.25) is 4.90 Å². The molecule has 3 nitrogen and oxygen atoms in total. The van der Waals surface area contributed by atoms with Crippen LogP contribution in [-0.2, 0) is 0 Å². The number of ether oxygens (including phenoxy) is 2. The van der Waals surface area contributed by atoms with Crippen LogP contribution in [0.4, 0.5) is 0 Å². The summed E-state index contributed by atoms with van der Waals surface area (Å²) < 4.78 is 11.8. The van der Waals surface area contributed by atoms with Crippen molar-refractivity contribution in [2.24, 2.45) is 0 Å². The van der Waals surface area contributed by atoms with Gasteiger partial charge in [0.15, 0.2) is 11.5 Å². The normalized spacial score (nSPS) is 25.8. The first kappa shape index (κ1) is 10.9. The van der Waals surface area contributed by atoms with E-state index in [0.29, 0.717) is 12.6 Å². The number of nitrogens with zero attached hydrogens (tertiary/aromatic N) is 1. The summed E-state index contributed by atoms with van der Waals surface area (Å²) in [5.41, 5.74) is 0. The van der Waals surface area contributed by atoms with Crippen molar-refractivity contribution in [3.05, 3.63) is 24.3 Å². The van der Waals surface area contributed by atoms with E-state index >= 15 is 0 Å². The van der Waals surface area contributed by atoms with Crippen LogP contribution in [0.1, 0.15) is 19.8 Å². The highest BCUT2D eigenvalue weighted by Crippen LogP contribution is 2.32. The predicted molar refractivity (Wildman–Crippen MR) is 66.6 cm³/mol. The van der Waals surface area contributed by atoms with Gasteiger partial charge >= 0.3 is 0 Å². The molecule has 0 spiro atoms. The first-order valence-corrected chi connectivity index (χ1v) is 6.47. The van der Waals surface area contributed by atoms with Crippen LogP contribution < -0.4 is 9.47 Å². The summed E-state index contributed by atoms with van der Waals surface area (Å²) in [4.78, 5) is 2.50. The van der Waals surface area contributed by atoms with Crippen LogP contribution in [-0.4, -0.2) is 36.7 Å². The van der Waals surface area contributed by atoms with Crippen LogP contribution in [0.15, 0.2) is 24.3 Å². The summed E-state index contributed by atoms with van der Waals surface area (Å²) in [7, 11) is 0. The molecule has 0 aliphatic carbocycles. The van der Waals surface area contributed by atoms with Gasteiger partial charge in [-0.25, -0.2) is 0 Å². The summed E-state index contributed by atoms with van der Waals surface area (Å²) >= 11 is 0. The van der Waals surface area contributed by atoms with Gasteiger partial charge in [0.25, 0.3) is 0 Å². The lowest BCUT2D eigenvalue weighted by molar-refractivity contribution is 0.0287. The van der Waals surface area contributed by atoms with E-state index < -0.39 is 0 Å². The Labute approximate surface area is 102 Å². The Kier molecular flexibility index (Phi) is 2.93. The van der Waals surface area contributed by atoms with Crippen LogP contribution in [0.25, 0.3) is 0 Å². The second kappa shape index (κ2) is 4.57. The molecule has 0 bridgehead atoms. The van der Waals surface area contributed by atoms with Gasteiger partial charge in [-0.15, -0.1) is 0 Å². The molecule has 2 aliphatic heterocycles. The molecule has 0 unspecified atom stereocenters. The zero-order valence-electron chi connectivity index (χ0n) is 10.3. The van der Waals surface area contributed by atoms with Crippen LogP contribution in [0.2, 0.25) is 0 Å². The first-order chi connectivity index (χ1) is 8.34. The van der Waals surface area contributed by atoms with Gasteiger partial charge in [0, 0.05) is 6.04 Å². The SMILES string of the molecule is C[C@H]([C@@H]1COc2ccccc2O1)N1CCCC1. The molecular weight excluding hydrogens is 214 g/mol. The molecule has 17 heavy (non-hydrogen) atoms. The highest BCUT2D eigenvalue weighted by molar-refractivity contribution is 5.40. The molecular formula is C14H19NO2. The van der Waals surface area contributed by atoms with E-state index in [4.69, 9.17) is 9.47 Å². The van der Waals surface area contributed by atoms with E-state index in [-0.39, 0.29) is 6.10 Å². The maximum Gasteiger partial charge on any atom is 0.161 e. The van der Waals surface area contributed by atoms with E-state index in [1.165, 1.54) is 25.9 Å². The number of benzene rings is 1. The van der Waals surface area contributed by atoms with Crippen molar-refractivity contribution < 1.29 is 9.47 Å². The zero-order chi connectivity index (χ0) is 11.7. The standard InChI is InChI=1S/C14H19NO2/c1-11(15-8-4-5-9-15)14-10-16-12-6-2-3-7-13(12)17-14/h2-3,6-7,11,14H,4-5,8-10H2,1H3/t11-,14+/m1/s1. The van der Waals surface area contributed by atoms with E-state index in [0.717, 1.165) is 11.5 Å². The highest BCUT2D eigenvalue weighted by Gasteiger charge is 2.30. The average Bonchev–Trinajstić information content (AvgIpc) is 2.91. The van der Waals surface area contributed by atoms with Crippen molar-refractivity contribution in [1.82, 2.24) is 4.90 Å². The minimum Gasteiger partial charge on any atom is -0.486 e. The molecule has 0 aromatic heterocycles. The highest BCUT2D eigenvalue weighted by atomic mass is 16.6. The van der Waals surface area contributed by atoms with Gasteiger partial charge in [0.05, 0.1) is 0 Å². The molecule has 2 heterocycles. The minimum absolute atomic E-state index is 0.156. The van der Waals surface area contributed by atoms with E-state index in [1.807, 2.05) is 24.3 Å². The van der Waals surface area contributed by atoms with Crippen molar-refractivity contribution in [3.63, 3.8) is 0 Å². The molecule has 2 atom stereocenters. The lowest BCUT2D eigenvalue weighted by Crippen LogP contribution is -2.47. The smallest absolute Gasteiger partial charge is 0.161 e. The molecule has 3 heteroatoms. The Balaban J connectivity index is 1.70. The molecule has 3 rings (SSSR count). The summed E-state index contributed by atoms with van der Waals surface area (Å²) in [5.74, 6) is 1.76. The summed E-state index contributed by atoms with van der Waals surface area (Å²) in [6.07, 6.45) is 2.78. The molecule has 0 N–H and O–H groups in total. The van der Waals surface area contributed by atoms with Gasteiger partial charge in [-0.2, -0.15) is 0 Å². The molecule has 0 saturated carbocycles. The zero-order valence-corrected chi connectivity index (χ0v) is 10.3. The van der Waals surface area contributed by atoms with Crippen LogP contribution in [0.3, 0.4) is 0 Å². The van der Waals surface area contributed by atoms with Crippen LogP contribution in [0.5, 0.6) is 11.5 Å². The summed E-state index contributed by atoms with van der Waals surface area (Å²) in [6.45, 7) is 5.30. The maximum atomic E-state index is 6.04. The molecule has 0 amide bonds. The number of para-hydroxylation sites is 2. The first-order valence-electron chi connectivity index (χ1n) is 6.47. The number of likely N-dealkylation sites (tertiary alicyclic amines) is 1. The fourth-order valence-electron chi connectivity index (χ4n) is 2.66. The van der Waals surface area contributed by atoms with Crippen molar-refractivity contribution in [3.8, 4) is 11.5 Å². The van der Waals surface area contributed by atoms with Gasteiger partial charge in [0.2, 0.25) is 0 Å². The Morgan fingerprint density at radius 3 is 2.65 bits per heavy atom. The van der Waals surface area contributed by atoms with E-state index in [2.05, 4.69) is 11.8 Å². The van der Waals surface area contributed by atoms with Gasteiger partial charge in [-0.1, -0.05) is 12.1 Å². The average molecular weight is 233 g/mol. The molecule has 2 aliphatic rings. The Bertz CT molecular complexity index is 388. The van der Waals surface area contributed by atoms with E-state index in [1.54, 1.807) is 0 Å². The quantitative estimate of drug-likeness (QED) is 0.782. The lowest BCUT2D eigenvalue weighted by Gasteiger charge is -2.34. The van der Waals surface area contributed by atoms with Crippen molar-refractivity contribution in [2.75, 3.05) is 19.7 Å². The molecule has 0 radical (unpaired) electrons. The third kappa shape index (κ3) is 2.12. The largest absolute Gasteiger partial charge is 0.486 e. The van der Waals surface area contributed by atoms with Gasteiger partial charge in [0.1, 0.15) is 12.7 Å². The van der Waals surface area contributed by atoms with Gasteiger partial charge in [-0.05, 0) is 45.0 Å². The van der Waals surface area contributed by atoms with Crippen molar-refractivity contribution in [2.45, 2.75) is 31.9 Å². The third-order valence-corrected chi connectivity index (χ3v) is 3.79. The van der Waals surface area contributed by atoms with E-state index in [9.17, 15) is 0 Å². The number of hydrogen-bond acceptors (Lipinski definition) is 3. The predicted octanol–water partition coefficient (Wildman–Crippen LogP) is 2.31. The van der Waals surface area contributed by atoms with Gasteiger partial charge < -0.3 is 9.47 Å². The second-order valence-corrected chi connectivity index (χ2v) is 4.90. The van der Waals surface area contributed by atoms with Crippen molar-refractivity contribution in [1.29, 1.82) is 0 Å². The lowest BCUT2D eigenvalue weighted by atomic mass is 10.1. The monoisotopic (exact) mass is 233 g/mol. The molecule has 1 fully saturated rings. The fourth-order valence-corrected chi connectivity index (χ4v) is 2.66. The number of rotatable bonds is 2. The Morgan fingerprint density at radius 1 is 1.18 bits per heavy atom. The number of hydrogen-bond donors (Lipinski definition) is 0. The Morgan fingerprint density at radius 2 is 1.88 bits per heavy atom. The van der Waals surface area contributed by atoms with Crippen LogP contribution in [0, 0.1) is 0 Å². The Hall–Kier alpha value is -1.22. The second-order valence-electron chi connectivity index (χ2n) is 4.90. The molecule has 1 saturated heterocycles. The molecule has 1 aromatic carbocycles. The fraction of sp³-hybridized carbons (Fsp3) is 0.571. The topological polar surface area (TPSA) is 21.7 Å². The van der Waals surface area contributed by atoms with Crippen molar-refractivity contribution >= 4 is 0 Å². The summed E-state index contributed by atoms with van der Waals surface area (Å²) in [6, 6.07) is 8.35. The number of fused-ring (bicyclic) bond motifs is 1. The maximum absolute atomic E-state index is 6.04.